The second kappa shape index (κ2) is 10.6. The van der Waals surface area contributed by atoms with Crippen LogP contribution in [-0.2, 0) is 17.9 Å². The van der Waals surface area contributed by atoms with E-state index in [1.54, 1.807) is 36.4 Å². The third kappa shape index (κ3) is 7.36. The molecule has 2 aromatic rings. The van der Waals surface area contributed by atoms with Crippen molar-refractivity contribution in [3.05, 3.63) is 65.2 Å². The molecular weight excluding hydrogens is 362 g/mol. The van der Waals surface area contributed by atoms with Gasteiger partial charge in [-0.15, -0.1) is 0 Å². The van der Waals surface area contributed by atoms with Crippen molar-refractivity contribution in [1.82, 2.24) is 10.6 Å². The van der Waals surface area contributed by atoms with Gasteiger partial charge >= 0.3 is 12.0 Å². The fourth-order valence-corrected chi connectivity index (χ4v) is 2.36. The van der Waals surface area contributed by atoms with Gasteiger partial charge in [0, 0.05) is 25.1 Å². The highest BCUT2D eigenvalue weighted by atomic mass is 16.5. The van der Waals surface area contributed by atoms with Crippen LogP contribution in [0.4, 0.5) is 4.79 Å². The van der Waals surface area contributed by atoms with Gasteiger partial charge in [-0.2, -0.15) is 0 Å². The number of carboxylic acids is 1. The minimum Gasteiger partial charge on any atom is -0.494 e. The van der Waals surface area contributed by atoms with Crippen molar-refractivity contribution in [2.45, 2.75) is 25.9 Å². The summed E-state index contributed by atoms with van der Waals surface area (Å²) in [4.78, 5) is 33.4. The van der Waals surface area contributed by atoms with Crippen LogP contribution in [0.25, 0.3) is 0 Å². The normalized spacial score (nSPS) is 10.1. The predicted octanol–water partition coefficient (Wildman–Crippen LogP) is 2.03. The number of nitrogens with two attached hydrogens (primary N) is 1. The fraction of sp³-hybridized carbons (Fsp3) is 0.250. The lowest BCUT2D eigenvalue weighted by molar-refractivity contribution is -0.137. The lowest BCUT2D eigenvalue weighted by atomic mass is 10.1. The molecule has 8 heteroatoms. The van der Waals surface area contributed by atoms with Crippen molar-refractivity contribution in [3.63, 3.8) is 0 Å². The van der Waals surface area contributed by atoms with Crippen molar-refractivity contribution in [2.75, 3.05) is 6.61 Å². The molecule has 0 atom stereocenters. The van der Waals surface area contributed by atoms with E-state index in [1.807, 2.05) is 12.1 Å². The summed E-state index contributed by atoms with van der Waals surface area (Å²) in [6.07, 6.45) is 0.525. The number of rotatable bonds is 10. The second-order valence-electron chi connectivity index (χ2n) is 6.09. The van der Waals surface area contributed by atoms with Crippen LogP contribution in [0, 0.1) is 0 Å². The molecule has 0 aliphatic heterocycles. The molecule has 0 saturated carbocycles. The zero-order valence-corrected chi connectivity index (χ0v) is 15.3. The largest absolute Gasteiger partial charge is 0.494 e. The first kappa shape index (κ1) is 20.8. The number of ether oxygens (including phenoxy) is 1. The van der Waals surface area contributed by atoms with Crippen molar-refractivity contribution >= 4 is 17.9 Å². The topological polar surface area (TPSA) is 131 Å². The average molecular weight is 385 g/mol. The van der Waals surface area contributed by atoms with Gasteiger partial charge in [0.15, 0.2) is 0 Å². The number of aliphatic carboxylic acids is 1. The van der Waals surface area contributed by atoms with Gasteiger partial charge in [-0.05, 0) is 41.8 Å². The van der Waals surface area contributed by atoms with Gasteiger partial charge in [0.25, 0.3) is 5.91 Å². The van der Waals surface area contributed by atoms with E-state index in [0.717, 1.165) is 11.1 Å². The number of benzene rings is 2. The van der Waals surface area contributed by atoms with E-state index in [9.17, 15) is 14.4 Å². The van der Waals surface area contributed by atoms with Crippen LogP contribution in [0.15, 0.2) is 48.5 Å². The number of carbonyl (C=O) groups is 3. The van der Waals surface area contributed by atoms with Crippen LogP contribution in [0.5, 0.6) is 5.75 Å². The van der Waals surface area contributed by atoms with Crippen molar-refractivity contribution in [3.8, 4) is 5.75 Å². The number of urea groups is 1. The average Bonchev–Trinajstić information content (AvgIpc) is 2.69. The van der Waals surface area contributed by atoms with Gasteiger partial charge in [-0.1, -0.05) is 24.3 Å². The van der Waals surface area contributed by atoms with Gasteiger partial charge in [-0.25, -0.2) is 4.79 Å². The summed E-state index contributed by atoms with van der Waals surface area (Å²) in [5.41, 5.74) is 7.29. The summed E-state index contributed by atoms with van der Waals surface area (Å²) in [7, 11) is 0. The molecule has 2 rings (SSSR count). The molecule has 28 heavy (non-hydrogen) atoms. The highest BCUT2D eigenvalue weighted by molar-refractivity contribution is 5.94. The van der Waals surface area contributed by atoms with Crippen LogP contribution >= 0.6 is 0 Å². The summed E-state index contributed by atoms with van der Waals surface area (Å²) in [6, 6.07) is 13.5. The molecule has 0 aliphatic carbocycles. The van der Waals surface area contributed by atoms with Gasteiger partial charge in [0.2, 0.25) is 0 Å². The van der Waals surface area contributed by atoms with E-state index in [0.29, 0.717) is 37.4 Å². The van der Waals surface area contributed by atoms with Gasteiger partial charge in [-0.3, -0.25) is 9.59 Å². The minimum atomic E-state index is -0.841. The molecule has 0 spiro atoms. The molecular formula is C20H23N3O5. The monoisotopic (exact) mass is 385 g/mol. The number of amides is 3. The van der Waals surface area contributed by atoms with E-state index in [-0.39, 0.29) is 12.3 Å². The smallest absolute Gasteiger partial charge is 0.312 e. The number of carboxylic acid groups (broad SMARTS) is 1. The quantitative estimate of drug-likeness (QED) is 0.465. The molecule has 0 unspecified atom stereocenters. The van der Waals surface area contributed by atoms with Crippen LogP contribution < -0.4 is 21.1 Å². The summed E-state index contributed by atoms with van der Waals surface area (Å²) < 4.78 is 5.47. The SMILES string of the molecule is NC(=O)NCc1ccc(C(=O)NCc2ccc(OCCCC(=O)O)cc2)cc1. The van der Waals surface area contributed by atoms with Crippen molar-refractivity contribution < 1.29 is 24.2 Å². The predicted molar refractivity (Wildman–Crippen MR) is 103 cm³/mol. The third-order valence-corrected chi connectivity index (χ3v) is 3.86. The molecule has 0 bridgehead atoms. The molecule has 8 nitrogen and oxygen atoms in total. The Morgan fingerprint density at radius 1 is 0.893 bits per heavy atom. The van der Waals surface area contributed by atoms with Crippen molar-refractivity contribution in [1.29, 1.82) is 0 Å². The molecule has 2 aromatic carbocycles. The van der Waals surface area contributed by atoms with Gasteiger partial charge < -0.3 is 26.2 Å². The molecule has 0 aliphatic rings. The molecule has 0 heterocycles. The zero-order valence-electron chi connectivity index (χ0n) is 15.3. The maximum Gasteiger partial charge on any atom is 0.312 e. The number of primary amides is 1. The lowest BCUT2D eigenvalue weighted by Crippen LogP contribution is -2.28. The van der Waals surface area contributed by atoms with Crippen molar-refractivity contribution in [2.24, 2.45) is 5.73 Å². The molecule has 0 aromatic heterocycles. The first-order valence-corrected chi connectivity index (χ1v) is 8.78. The van der Waals surface area contributed by atoms with Gasteiger partial charge in [0.05, 0.1) is 6.61 Å². The number of carbonyl (C=O) groups excluding carboxylic acids is 2. The second-order valence-corrected chi connectivity index (χ2v) is 6.09. The third-order valence-electron chi connectivity index (χ3n) is 3.86. The molecule has 148 valence electrons. The Morgan fingerprint density at radius 3 is 2.04 bits per heavy atom. The maximum absolute atomic E-state index is 12.2. The Bertz CT molecular complexity index is 804. The lowest BCUT2D eigenvalue weighted by Gasteiger charge is -2.09. The standard InChI is InChI=1S/C20H23N3O5/c21-20(27)23-13-14-3-7-16(8-4-14)19(26)22-12-15-5-9-17(10-6-15)28-11-1-2-18(24)25/h3-10H,1-2,11-13H2,(H,22,26)(H,24,25)(H3,21,23,27). The number of hydrogen-bond acceptors (Lipinski definition) is 4. The Hall–Kier alpha value is -3.55. The number of nitrogens with one attached hydrogen (secondary N) is 2. The van der Waals surface area contributed by atoms with Crippen LogP contribution in [0.3, 0.4) is 0 Å². The molecule has 0 radical (unpaired) electrons. The molecule has 3 amide bonds. The van der Waals surface area contributed by atoms with Crippen LogP contribution in [0.2, 0.25) is 0 Å². The zero-order chi connectivity index (χ0) is 20.4. The maximum atomic E-state index is 12.2. The summed E-state index contributed by atoms with van der Waals surface area (Å²) in [6.45, 7) is 1.01. The van der Waals surface area contributed by atoms with E-state index in [1.165, 1.54) is 0 Å². The minimum absolute atomic E-state index is 0.0761. The summed E-state index contributed by atoms with van der Waals surface area (Å²) in [5.74, 6) is -0.393. The van der Waals surface area contributed by atoms with Gasteiger partial charge in [0.1, 0.15) is 5.75 Å². The van der Waals surface area contributed by atoms with E-state index < -0.39 is 12.0 Å². The summed E-state index contributed by atoms with van der Waals surface area (Å²) in [5, 5.41) is 13.9. The first-order valence-electron chi connectivity index (χ1n) is 8.78. The van der Waals surface area contributed by atoms with E-state index in [4.69, 9.17) is 15.6 Å². The van der Waals surface area contributed by atoms with E-state index in [2.05, 4.69) is 10.6 Å². The van der Waals surface area contributed by atoms with Crippen LogP contribution in [-0.4, -0.2) is 29.6 Å². The first-order chi connectivity index (χ1) is 13.4. The molecule has 0 fully saturated rings. The Kier molecular flexibility index (Phi) is 7.83. The Labute approximate surface area is 162 Å². The number of hydrogen-bond donors (Lipinski definition) is 4. The molecule has 5 N–H and O–H groups in total. The molecule has 0 saturated heterocycles. The Morgan fingerprint density at radius 2 is 1.46 bits per heavy atom. The van der Waals surface area contributed by atoms with E-state index >= 15 is 0 Å². The fourth-order valence-electron chi connectivity index (χ4n) is 2.36. The highest BCUT2D eigenvalue weighted by Gasteiger charge is 2.06. The van der Waals surface area contributed by atoms with Crippen LogP contribution in [0.1, 0.15) is 34.3 Å². The summed E-state index contributed by atoms with van der Waals surface area (Å²) >= 11 is 0. The highest BCUT2D eigenvalue weighted by Crippen LogP contribution is 2.13. The Balaban J connectivity index is 1.77.